The van der Waals surface area contributed by atoms with Gasteiger partial charge in [-0.05, 0) is 6.26 Å². The minimum Gasteiger partial charge on any atom is -0.314 e. The predicted octanol–water partition coefficient (Wildman–Crippen LogP) is 0.992. The molecule has 1 aliphatic rings. The normalized spacial score (nSPS) is 19.1. The van der Waals surface area contributed by atoms with Crippen molar-refractivity contribution in [1.29, 1.82) is 0 Å². The summed E-state index contributed by atoms with van der Waals surface area (Å²) in [6.07, 6.45) is 2.75. The van der Waals surface area contributed by atoms with Crippen molar-refractivity contribution in [3.8, 4) is 0 Å². The molecule has 4 heteroatoms. The minimum absolute atomic E-state index is 0.0884. The Kier molecular flexibility index (Phi) is 5.09. The molecule has 0 saturated carbocycles. The number of carbonyl (C=O) groups excluding carboxylic acids is 1. The maximum Gasteiger partial charge on any atom is 0.148 e. The van der Waals surface area contributed by atoms with Crippen LogP contribution in [0.15, 0.2) is 0 Å². The Morgan fingerprint density at radius 3 is 2.53 bits per heavy atom. The van der Waals surface area contributed by atoms with Gasteiger partial charge in [0.05, 0.1) is 6.54 Å². The lowest BCUT2D eigenvalue weighted by Gasteiger charge is -2.28. The molecule has 0 bridgehead atoms. The summed E-state index contributed by atoms with van der Waals surface area (Å²) in [5, 5.41) is 3.29. The van der Waals surface area contributed by atoms with Crippen molar-refractivity contribution < 1.29 is 4.79 Å². The van der Waals surface area contributed by atoms with E-state index < -0.39 is 0 Å². The van der Waals surface area contributed by atoms with E-state index in [-0.39, 0.29) is 4.75 Å². The van der Waals surface area contributed by atoms with Crippen LogP contribution in [0.3, 0.4) is 0 Å². The van der Waals surface area contributed by atoms with Crippen LogP contribution in [-0.4, -0.2) is 54.4 Å². The number of hydrogen-bond acceptors (Lipinski definition) is 4. The van der Waals surface area contributed by atoms with Gasteiger partial charge < -0.3 is 5.32 Å². The van der Waals surface area contributed by atoms with Crippen LogP contribution in [0, 0.1) is 0 Å². The van der Waals surface area contributed by atoms with E-state index in [1.165, 1.54) is 0 Å². The SMILES string of the molecule is CSC(C)(C)CC(=O)CN1CCNCC1. The number of ketones is 1. The average molecular weight is 230 g/mol. The van der Waals surface area contributed by atoms with Gasteiger partial charge in [-0.2, -0.15) is 11.8 Å². The van der Waals surface area contributed by atoms with Gasteiger partial charge >= 0.3 is 0 Å². The smallest absolute Gasteiger partial charge is 0.148 e. The van der Waals surface area contributed by atoms with E-state index in [0.29, 0.717) is 18.7 Å². The van der Waals surface area contributed by atoms with Crippen LogP contribution < -0.4 is 5.32 Å². The van der Waals surface area contributed by atoms with Gasteiger partial charge in [-0.3, -0.25) is 9.69 Å². The number of piperazine rings is 1. The van der Waals surface area contributed by atoms with Crippen molar-refractivity contribution in [2.45, 2.75) is 25.0 Å². The van der Waals surface area contributed by atoms with E-state index in [0.717, 1.165) is 26.2 Å². The summed E-state index contributed by atoms with van der Waals surface area (Å²) in [4.78, 5) is 14.1. The zero-order valence-electron chi connectivity index (χ0n) is 10.0. The third kappa shape index (κ3) is 5.00. The molecule has 0 unspecified atom stereocenters. The van der Waals surface area contributed by atoms with E-state index in [4.69, 9.17) is 0 Å². The number of Topliss-reactive ketones (excluding diaryl/α,β-unsaturated/α-hetero) is 1. The minimum atomic E-state index is 0.0884. The number of rotatable bonds is 5. The Morgan fingerprint density at radius 2 is 2.00 bits per heavy atom. The third-order valence-corrected chi connectivity index (χ3v) is 4.03. The first-order chi connectivity index (χ1) is 7.03. The number of carbonyl (C=O) groups is 1. The van der Waals surface area contributed by atoms with Crippen LogP contribution in [0.25, 0.3) is 0 Å². The first-order valence-corrected chi connectivity index (χ1v) is 6.76. The highest BCUT2D eigenvalue weighted by molar-refractivity contribution is 7.99. The Morgan fingerprint density at radius 1 is 1.40 bits per heavy atom. The van der Waals surface area contributed by atoms with Crippen molar-refractivity contribution >= 4 is 17.5 Å². The molecule has 3 nitrogen and oxygen atoms in total. The van der Waals surface area contributed by atoms with Crippen molar-refractivity contribution in [2.75, 3.05) is 39.0 Å². The highest BCUT2D eigenvalue weighted by Gasteiger charge is 2.22. The molecule has 0 amide bonds. The van der Waals surface area contributed by atoms with E-state index in [1.807, 2.05) is 0 Å². The Labute approximate surface area is 97.0 Å². The van der Waals surface area contributed by atoms with Gasteiger partial charge in [0.2, 0.25) is 0 Å². The van der Waals surface area contributed by atoms with Gasteiger partial charge in [-0.1, -0.05) is 13.8 Å². The summed E-state index contributed by atoms with van der Waals surface area (Å²) in [7, 11) is 0. The van der Waals surface area contributed by atoms with Crippen LogP contribution in [-0.2, 0) is 4.79 Å². The van der Waals surface area contributed by atoms with Crippen LogP contribution in [0.2, 0.25) is 0 Å². The topological polar surface area (TPSA) is 32.3 Å². The average Bonchev–Trinajstić information content (AvgIpc) is 2.18. The quantitative estimate of drug-likeness (QED) is 0.763. The molecule has 0 aromatic rings. The maximum atomic E-state index is 11.8. The van der Waals surface area contributed by atoms with Gasteiger partial charge in [0, 0.05) is 37.3 Å². The van der Waals surface area contributed by atoms with Gasteiger partial charge in [-0.15, -0.1) is 0 Å². The monoisotopic (exact) mass is 230 g/mol. The lowest BCUT2D eigenvalue weighted by Crippen LogP contribution is -2.46. The molecule has 1 rings (SSSR count). The fourth-order valence-electron chi connectivity index (χ4n) is 1.72. The van der Waals surface area contributed by atoms with Crippen molar-refractivity contribution in [3.05, 3.63) is 0 Å². The number of nitrogens with zero attached hydrogens (tertiary/aromatic N) is 1. The second-order valence-corrected chi connectivity index (χ2v) is 6.22. The van der Waals surface area contributed by atoms with Crippen molar-refractivity contribution in [3.63, 3.8) is 0 Å². The Hall–Kier alpha value is -0.0600. The van der Waals surface area contributed by atoms with Gasteiger partial charge in [0.15, 0.2) is 0 Å². The standard InChI is InChI=1S/C11H22N2OS/c1-11(2,15-3)8-10(14)9-13-6-4-12-5-7-13/h12H,4-9H2,1-3H3. The third-order valence-electron chi connectivity index (χ3n) is 2.79. The van der Waals surface area contributed by atoms with Crippen molar-refractivity contribution in [1.82, 2.24) is 10.2 Å². The highest BCUT2D eigenvalue weighted by atomic mass is 32.2. The van der Waals surface area contributed by atoms with Crippen LogP contribution in [0.1, 0.15) is 20.3 Å². The molecule has 0 aliphatic carbocycles. The Balaban J connectivity index is 2.28. The second kappa shape index (κ2) is 5.87. The summed E-state index contributed by atoms with van der Waals surface area (Å²) in [5.74, 6) is 0.372. The Bertz CT molecular complexity index is 213. The second-order valence-electron chi connectivity index (χ2n) is 4.71. The summed E-state index contributed by atoms with van der Waals surface area (Å²) < 4.78 is 0.0884. The van der Waals surface area contributed by atoms with Crippen LogP contribution in [0.4, 0.5) is 0 Å². The molecule has 1 N–H and O–H groups in total. The van der Waals surface area contributed by atoms with Crippen LogP contribution >= 0.6 is 11.8 Å². The van der Waals surface area contributed by atoms with Gasteiger partial charge in [0.1, 0.15) is 5.78 Å². The first kappa shape index (κ1) is 13.0. The molecule has 1 saturated heterocycles. The molecular weight excluding hydrogens is 208 g/mol. The fraction of sp³-hybridized carbons (Fsp3) is 0.909. The summed E-state index contributed by atoms with van der Waals surface area (Å²) in [5.41, 5.74) is 0. The maximum absolute atomic E-state index is 11.8. The molecule has 1 heterocycles. The van der Waals surface area contributed by atoms with E-state index >= 15 is 0 Å². The summed E-state index contributed by atoms with van der Waals surface area (Å²) in [6.45, 7) is 8.93. The zero-order valence-corrected chi connectivity index (χ0v) is 10.8. The molecule has 88 valence electrons. The molecule has 0 radical (unpaired) electrons. The molecular formula is C11H22N2OS. The van der Waals surface area contributed by atoms with E-state index in [2.05, 4.69) is 30.3 Å². The molecule has 0 spiro atoms. The molecule has 0 atom stereocenters. The molecule has 0 aromatic carbocycles. The van der Waals surface area contributed by atoms with E-state index in [9.17, 15) is 4.79 Å². The lowest BCUT2D eigenvalue weighted by atomic mass is 10.1. The molecule has 1 fully saturated rings. The van der Waals surface area contributed by atoms with Gasteiger partial charge in [-0.25, -0.2) is 0 Å². The van der Waals surface area contributed by atoms with Crippen molar-refractivity contribution in [2.24, 2.45) is 0 Å². The lowest BCUT2D eigenvalue weighted by molar-refractivity contribution is -0.120. The number of nitrogens with one attached hydrogen (secondary N) is 1. The van der Waals surface area contributed by atoms with Gasteiger partial charge in [0.25, 0.3) is 0 Å². The fourth-order valence-corrected chi connectivity index (χ4v) is 2.03. The molecule has 0 aromatic heterocycles. The zero-order chi connectivity index (χ0) is 11.3. The highest BCUT2D eigenvalue weighted by Crippen LogP contribution is 2.25. The molecule has 15 heavy (non-hydrogen) atoms. The van der Waals surface area contributed by atoms with E-state index in [1.54, 1.807) is 11.8 Å². The predicted molar refractivity (Wildman–Crippen MR) is 66.5 cm³/mol. The van der Waals surface area contributed by atoms with Crippen LogP contribution in [0.5, 0.6) is 0 Å². The summed E-state index contributed by atoms with van der Waals surface area (Å²) in [6, 6.07) is 0. The largest absolute Gasteiger partial charge is 0.314 e. The number of thioether (sulfide) groups is 1. The molecule has 1 aliphatic heterocycles. The first-order valence-electron chi connectivity index (χ1n) is 5.53. The summed E-state index contributed by atoms with van der Waals surface area (Å²) >= 11 is 1.77. The number of hydrogen-bond donors (Lipinski definition) is 1.